The highest BCUT2D eigenvalue weighted by Gasteiger charge is 2.25. The van der Waals surface area contributed by atoms with Gasteiger partial charge in [0.2, 0.25) is 0 Å². The van der Waals surface area contributed by atoms with Gasteiger partial charge in [0.05, 0.1) is 29.2 Å². The molecule has 0 saturated heterocycles. The van der Waals surface area contributed by atoms with E-state index >= 15 is 0 Å². The zero-order chi connectivity index (χ0) is 14.9. The normalized spacial score (nSPS) is 14.7. The molecule has 0 spiro atoms. The number of hydrogen-bond acceptors (Lipinski definition) is 2. The van der Waals surface area contributed by atoms with E-state index in [9.17, 15) is 5.26 Å². The second kappa shape index (κ2) is 5.31. The minimum absolute atomic E-state index is 0.571. The predicted molar refractivity (Wildman–Crippen MR) is 86.6 cm³/mol. The third kappa shape index (κ3) is 2.08. The Morgan fingerprint density at radius 1 is 1.09 bits per heavy atom. The third-order valence-corrected chi connectivity index (χ3v) is 4.62. The van der Waals surface area contributed by atoms with Gasteiger partial charge in [-0.3, -0.25) is 0 Å². The molecular formula is C19H17N3. The summed E-state index contributed by atoms with van der Waals surface area (Å²) in [6.45, 7) is 0.718. The first-order valence-electron chi connectivity index (χ1n) is 7.80. The van der Waals surface area contributed by atoms with Crippen molar-refractivity contribution in [3.05, 3.63) is 65.5 Å². The number of nitriles is 1. The zero-order valence-electron chi connectivity index (χ0n) is 12.4. The average Bonchev–Trinajstić information content (AvgIpc) is 2.85. The quantitative estimate of drug-likeness (QED) is 0.723. The first kappa shape index (κ1) is 13.1. The summed E-state index contributed by atoms with van der Waals surface area (Å²) < 4.78 is 2.30. The summed E-state index contributed by atoms with van der Waals surface area (Å²) >= 11 is 0. The highest BCUT2D eigenvalue weighted by atomic mass is 15.1. The van der Waals surface area contributed by atoms with Crippen LogP contribution in [0.15, 0.2) is 48.5 Å². The molecule has 1 fully saturated rings. The molecule has 1 aliphatic carbocycles. The molecule has 0 amide bonds. The van der Waals surface area contributed by atoms with E-state index in [-0.39, 0.29) is 0 Å². The standard InChI is InChI=1S/C19H17N3/c20-12-15-6-1-2-7-16(15)13-22-18-11-4-3-10-17(18)21-19(22)14-8-5-9-14/h1-4,6-7,10-11,14H,5,8-9,13H2. The Kier molecular flexibility index (Phi) is 3.16. The van der Waals surface area contributed by atoms with E-state index in [1.807, 2.05) is 30.3 Å². The fourth-order valence-corrected chi connectivity index (χ4v) is 3.18. The molecule has 0 atom stereocenters. The molecule has 3 aromatic rings. The lowest BCUT2D eigenvalue weighted by atomic mass is 9.85. The Morgan fingerprint density at radius 2 is 1.86 bits per heavy atom. The predicted octanol–water partition coefficient (Wildman–Crippen LogP) is 4.22. The fourth-order valence-electron chi connectivity index (χ4n) is 3.18. The van der Waals surface area contributed by atoms with E-state index in [0.717, 1.165) is 28.7 Å². The van der Waals surface area contributed by atoms with Gasteiger partial charge < -0.3 is 4.57 Å². The Morgan fingerprint density at radius 3 is 2.64 bits per heavy atom. The number of aromatic nitrogens is 2. The molecule has 0 radical (unpaired) electrons. The molecule has 0 N–H and O–H groups in total. The van der Waals surface area contributed by atoms with Crippen LogP contribution in [0, 0.1) is 11.3 Å². The van der Waals surface area contributed by atoms with Crippen LogP contribution < -0.4 is 0 Å². The zero-order valence-corrected chi connectivity index (χ0v) is 12.4. The van der Waals surface area contributed by atoms with Gasteiger partial charge in [0.1, 0.15) is 5.82 Å². The minimum atomic E-state index is 0.571. The van der Waals surface area contributed by atoms with Crippen LogP contribution in [0.25, 0.3) is 11.0 Å². The van der Waals surface area contributed by atoms with E-state index in [0.29, 0.717) is 5.92 Å². The Balaban J connectivity index is 1.84. The molecule has 1 aliphatic rings. The van der Waals surface area contributed by atoms with Crippen LogP contribution in [0.3, 0.4) is 0 Å². The number of hydrogen-bond donors (Lipinski definition) is 0. The first-order valence-corrected chi connectivity index (χ1v) is 7.80. The number of rotatable bonds is 3. The number of nitrogens with zero attached hydrogens (tertiary/aromatic N) is 3. The molecule has 4 rings (SSSR count). The largest absolute Gasteiger partial charge is 0.323 e. The highest BCUT2D eigenvalue weighted by Crippen LogP contribution is 2.37. The smallest absolute Gasteiger partial charge is 0.113 e. The number of para-hydroxylation sites is 2. The van der Waals surface area contributed by atoms with Gasteiger partial charge in [0, 0.05) is 5.92 Å². The van der Waals surface area contributed by atoms with E-state index in [1.165, 1.54) is 25.1 Å². The first-order chi connectivity index (χ1) is 10.9. The van der Waals surface area contributed by atoms with Crippen molar-refractivity contribution in [2.75, 3.05) is 0 Å². The van der Waals surface area contributed by atoms with E-state index in [2.05, 4.69) is 28.8 Å². The van der Waals surface area contributed by atoms with Crippen LogP contribution >= 0.6 is 0 Å². The molecular weight excluding hydrogens is 270 g/mol. The van der Waals surface area contributed by atoms with Crippen molar-refractivity contribution >= 4 is 11.0 Å². The van der Waals surface area contributed by atoms with Gasteiger partial charge in [0.25, 0.3) is 0 Å². The summed E-state index contributed by atoms with van der Waals surface area (Å²) in [6.07, 6.45) is 3.75. The van der Waals surface area contributed by atoms with Crippen molar-refractivity contribution in [3.8, 4) is 6.07 Å². The molecule has 3 heteroatoms. The Bertz CT molecular complexity index is 866. The maximum absolute atomic E-state index is 9.32. The highest BCUT2D eigenvalue weighted by molar-refractivity contribution is 5.76. The molecule has 0 unspecified atom stereocenters. The van der Waals surface area contributed by atoms with Crippen LogP contribution in [-0.4, -0.2) is 9.55 Å². The van der Waals surface area contributed by atoms with Crippen molar-refractivity contribution < 1.29 is 0 Å². The Hall–Kier alpha value is -2.60. The minimum Gasteiger partial charge on any atom is -0.323 e. The van der Waals surface area contributed by atoms with Crippen molar-refractivity contribution in [1.29, 1.82) is 5.26 Å². The van der Waals surface area contributed by atoms with Crippen molar-refractivity contribution in [3.63, 3.8) is 0 Å². The molecule has 22 heavy (non-hydrogen) atoms. The van der Waals surface area contributed by atoms with Crippen LogP contribution in [0.5, 0.6) is 0 Å². The second-order valence-corrected chi connectivity index (χ2v) is 5.94. The maximum Gasteiger partial charge on any atom is 0.113 e. The number of fused-ring (bicyclic) bond motifs is 1. The van der Waals surface area contributed by atoms with E-state index in [1.54, 1.807) is 0 Å². The summed E-state index contributed by atoms with van der Waals surface area (Å²) in [4.78, 5) is 4.87. The topological polar surface area (TPSA) is 41.6 Å². The third-order valence-electron chi connectivity index (χ3n) is 4.62. The molecule has 3 nitrogen and oxygen atoms in total. The molecule has 1 heterocycles. The molecule has 2 aromatic carbocycles. The summed E-state index contributed by atoms with van der Waals surface area (Å²) in [5.41, 5.74) is 4.03. The number of benzene rings is 2. The molecule has 108 valence electrons. The summed E-state index contributed by atoms with van der Waals surface area (Å²) in [5, 5.41) is 9.32. The van der Waals surface area contributed by atoms with Gasteiger partial charge in [0.15, 0.2) is 0 Å². The molecule has 1 aromatic heterocycles. The SMILES string of the molecule is N#Cc1ccccc1Cn1c(C2CCC2)nc2ccccc21. The lowest BCUT2D eigenvalue weighted by Crippen LogP contribution is -2.16. The van der Waals surface area contributed by atoms with Crippen molar-refractivity contribution in [2.45, 2.75) is 31.7 Å². The lowest BCUT2D eigenvalue weighted by Gasteiger charge is -2.25. The van der Waals surface area contributed by atoms with Crippen LogP contribution in [0.4, 0.5) is 0 Å². The number of imidazole rings is 1. The van der Waals surface area contributed by atoms with Crippen molar-refractivity contribution in [2.24, 2.45) is 0 Å². The monoisotopic (exact) mass is 287 g/mol. The van der Waals surface area contributed by atoms with Gasteiger partial charge in [-0.2, -0.15) is 5.26 Å². The van der Waals surface area contributed by atoms with Gasteiger partial charge >= 0.3 is 0 Å². The van der Waals surface area contributed by atoms with Crippen LogP contribution in [0.2, 0.25) is 0 Å². The van der Waals surface area contributed by atoms with Gasteiger partial charge in [-0.1, -0.05) is 36.8 Å². The fraction of sp³-hybridized carbons (Fsp3) is 0.263. The maximum atomic E-state index is 9.32. The second-order valence-electron chi connectivity index (χ2n) is 5.94. The molecule has 1 saturated carbocycles. The van der Waals surface area contributed by atoms with Crippen LogP contribution in [0.1, 0.15) is 42.1 Å². The summed E-state index contributed by atoms with van der Waals surface area (Å²) in [6, 6.07) is 18.4. The van der Waals surface area contributed by atoms with Gasteiger partial charge in [-0.05, 0) is 36.6 Å². The molecule has 0 bridgehead atoms. The Labute approximate surface area is 129 Å². The van der Waals surface area contributed by atoms with Crippen LogP contribution in [-0.2, 0) is 6.54 Å². The summed E-state index contributed by atoms with van der Waals surface area (Å²) in [7, 11) is 0. The lowest BCUT2D eigenvalue weighted by molar-refractivity contribution is 0.392. The van der Waals surface area contributed by atoms with Gasteiger partial charge in [-0.15, -0.1) is 0 Å². The van der Waals surface area contributed by atoms with E-state index in [4.69, 9.17) is 4.98 Å². The van der Waals surface area contributed by atoms with E-state index < -0.39 is 0 Å². The van der Waals surface area contributed by atoms with Crippen molar-refractivity contribution in [1.82, 2.24) is 9.55 Å². The molecule has 0 aliphatic heterocycles. The summed E-state index contributed by atoms with van der Waals surface area (Å²) in [5.74, 6) is 1.75. The average molecular weight is 287 g/mol. The van der Waals surface area contributed by atoms with Gasteiger partial charge in [-0.25, -0.2) is 4.98 Å².